The summed E-state index contributed by atoms with van der Waals surface area (Å²) in [5, 5.41) is 13.7. The lowest BCUT2D eigenvalue weighted by atomic mass is 10.3. The van der Waals surface area contributed by atoms with Crippen LogP contribution in [0.1, 0.15) is 26.2 Å². The van der Waals surface area contributed by atoms with Gasteiger partial charge in [-0.2, -0.15) is 0 Å². The van der Waals surface area contributed by atoms with E-state index in [9.17, 15) is 5.11 Å². The van der Waals surface area contributed by atoms with Crippen molar-refractivity contribution in [3.05, 3.63) is 29.3 Å². The Labute approximate surface area is 132 Å². The summed E-state index contributed by atoms with van der Waals surface area (Å²) < 4.78 is 10.9. The minimum atomic E-state index is -0.526. The quantitative estimate of drug-likeness (QED) is 0.582. The first-order chi connectivity index (χ1) is 10.2. The predicted molar refractivity (Wildman–Crippen MR) is 86.2 cm³/mol. The van der Waals surface area contributed by atoms with Crippen molar-refractivity contribution in [3.63, 3.8) is 0 Å². The van der Waals surface area contributed by atoms with Crippen LogP contribution >= 0.6 is 11.6 Å². The van der Waals surface area contributed by atoms with Crippen LogP contribution in [0.25, 0.3) is 0 Å². The third-order valence-corrected chi connectivity index (χ3v) is 3.17. The molecule has 0 bridgehead atoms. The van der Waals surface area contributed by atoms with Crippen molar-refractivity contribution < 1.29 is 14.6 Å². The minimum Gasteiger partial charge on any atom is -0.491 e. The molecule has 0 aliphatic rings. The van der Waals surface area contributed by atoms with Crippen LogP contribution in [0, 0.1) is 0 Å². The van der Waals surface area contributed by atoms with Gasteiger partial charge in [0, 0.05) is 24.8 Å². The van der Waals surface area contributed by atoms with E-state index in [0.717, 1.165) is 39.0 Å². The first kappa shape index (κ1) is 18.2. The first-order valence-corrected chi connectivity index (χ1v) is 7.95. The summed E-state index contributed by atoms with van der Waals surface area (Å²) in [5.74, 6) is 0.711. The van der Waals surface area contributed by atoms with E-state index in [1.54, 1.807) is 24.3 Å². The van der Waals surface area contributed by atoms with Gasteiger partial charge in [-0.15, -0.1) is 0 Å². The Kier molecular flexibility index (Phi) is 10.3. The molecule has 2 N–H and O–H groups in total. The van der Waals surface area contributed by atoms with Gasteiger partial charge >= 0.3 is 0 Å². The van der Waals surface area contributed by atoms with Gasteiger partial charge in [0.2, 0.25) is 0 Å². The summed E-state index contributed by atoms with van der Waals surface area (Å²) >= 11 is 5.79. The second kappa shape index (κ2) is 11.8. The van der Waals surface area contributed by atoms with Gasteiger partial charge < -0.3 is 19.9 Å². The van der Waals surface area contributed by atoms with E-state index in [1.807, 2.05) is 0 Å². The lowest BCUT2D eigenvalue weighted by molar-refractivity contribution is 0.103. The van der Waals surface area contributed by atoms with Crippen molar-refractivity contribution in [1.82, 2.24) is 5.32 Å². The SMILES string of the molecule is CCCCOCCCNCC(O)COc1ccc(Cl)cc1. The molecule has 0 fully saturated rings. The second-order valence-corrected chi connectivity index (χ2v) is 5.38. The Hall–Kier alpha value is -0.810. The van der Waals surface area contributed by atoms with Gasteiger partial charge in [-0.05, 0) is 43.7 Å². The maximum atomic E-state index is 9.79. The van der Waals surface area contributed by atoms with Gasteiger partial charge in [0.1, 0.15) is 18.5 Å². The van der Waals surface area contributed by atoms with Crippen LogP contribution in [0.2, 0.25) is 5.02 Å². The molecule has 0 saturated carbocycles. The minimum absolute atomic E-state index is 0.266. The molecule has 0 amide bonds. The highest BCUT2D eigenvalue weighted by molar-refractivity contribution is 6.30. The standard InChI is InChI=1S/C16H26ClNO3/c1-2-3-10-20-11-4-9-18-12-15(19)13-21-16-7-5-14(17)6-8-16/h5-8,15,18-19H,2-4,9-13H2,1H3. The Morgan fingerprint density at radius 3 is 2.62 bits per heavy atom. The molecule has 120 valence electrons. The lowest BCUT2D eigenvalue weighted by Gasteiger charge is -2.13. The van der Waals surface area contributed by atoms with Crippen molar-refractivity contribution in [2.75, 3.05) is 32.9 Å². The molecule has 0 saturated heterocycles. The van der Waals surface area contributed by atoms with Crippen molar-refractivity contribution in [1.29, 1.82) is 0 Å². The molecule has 0 aromatic heterocycles. The number of aliphatic hydroxyl groups excluding tert-OH is 1. The summed E-state index contributed by atoms with van der Waals surface area (Å²) in [5.41, 5.74) is 0. The second-order valence-electron chi connectivity index (χ2n) is 4.94. The molecule has 4 nitrogen and oxygen atoms in total. The average molecular weight is 316 g/mol. The van der Waals surface area contributed by atoms with Crippen LogP contribution < -0.4 is 10.1 Å². The molecule has 0 heterocycles. The van der Waals surface area contributed by atoms with E-state index in [-0.39, 0.29) is 6.61 Å². The summed E-state index contributed by atoms with van der Waals surface area (Å²) in [6.45, 7) is 5.38. The molecule has 0 aliphatic heterocycles. The van der Waals surface area contributed by atoms with Crippen LogP contribution in [-0.2, 0) is 4.74 Å². The van der Waals surface area contributed by atoms with Crippen LogP contribution in [0.3, 0.4) is 0 Å². The van der Waals surface area contributed by atoms with Gasteiger partial charge in [-0.3, -0.25) is 0 Å². The summed E-state index contributed by atoms with van der Waals surface area (Å²) in [4.78, 5) is 0. The first-order valence-electron chi connectivity index (χ1n) is 7.57. The van der Waals surface area contributed by atoms with Crippen molar-refractivity contribution in [2.45, 2.75) is 32.3 Å². The average Bonchev–Trinajstić information content (AvgIpc) is 2.49. The lowest BCUT2D eigenvalue weighted by Crippen LogP contribution is -2.32. The van der Waals surface area contributed by atoms with E-state index in [2.05, 4.69) is 12.2 Å². The number of hydrogen-bond acceptors (Lipinski definition) is 4. The van der Waals surface area contributed by atoms with Gasteiger partial charge in [0.25, 0.3) is 0 Å². The van der Waals surface area contributed by atoms with E-state index < -0.39 is 6.10 Å². The fraction of sp³-hybridized carbons (Fsp3) is 0.625. The highest BCUT2D eigenvalue weighted by Gasteiger charge is 2.04. The third kappa shape index (κ3) is 9.69. The van der Waals surface area contributed by atoms with E-state index in [1.165, 1.54) is 0 Å². The number of ether oxygens (including phenoxy) is 2. The number of nitrogens with one attached hydrogen (secondary N) is 1. The fourth-order valence-electron chi connectivity index (χ4n) is 1.70. The molecule has 1 unspecified atom stereocenters. The summed E-state index contributed by atoms with van der Waals surface area (Å²) in [6, 6.07) is 7.10. The van der Waals surface area contributed by atoms with Crippen LogP contribution in [0.4, 0.5) is 0 Å². The molecule has 5 heteroatoms. The van der Waals surface area contributed by atoms with Gasteiger partial charge in [0.15, 0.2) is 0 Å². The zero-order chi connectivity index (χ0) is 15.3. The Morgan fingerprint density at radius 2 is 1.90 bits per heavy atom. The zero-order valence-electron chi connectivity index (χ0n) is 12.7. The van der Waals surface area contributed by atoms with Crippen molar-refractivity contribution in [3.8, 4) is 5.75 Å². The third-order valence-electron chi connectivity index (χ3n) is 2.92. The molecule has 1 atom stereocenters. The number of unbranched alkanes of at least 4 members (excludes halogenated alkanes) is 1. The van der Waals surface area contributed by atoms with Gasteiger partial charge in [-0.1, -0.05) is 24.9 Å². The van der Waals surface area contributed by atoms with Crippen LogP contribution in [0.5, 0.6) is 5.75 Å². The molecular weight excluding hydrogens is 290 g/mol. The molecular formula is C16H26ClNO3. The summed E-state index contributed by atoms with van der Waals surface area (Å²) in [7, 11) is 0. The highest BCUT2D eigenvalue weighted by Crippen LogP contribution is 2.15. The monoisotopic (exact) mass is 315 g/mol. The molecule has 1 aromatic carbocycles. The number of rotatable bonds is 12. The largest absolute Gasteiger partial charge is 0.491 e. The molecule has 0 spiro atoms. The molecule has 0 aliphatic carbocycles. The number of benzene rings is 1. The van der Waals surface area contributed by atoms with Crippen LogP contribution in [-0.4, -0.2) is 44.1 Å². The Balaban J connectivity index is 1.96. The topological polar surface area (TPSA) is 50.7 Å². The number of halogens is 1. The molecule has 0 radical (unpaired) electrons. The fourth-order valence-corrected chi connectivity index (χ4v) is 1.82. The van der Waals surface area contributed by atoms with Crippen LogP contribution in [0.15, 0.2) is 24.3 Å². The number of hydrogen-bond donors (Lipinski definition) is 2. The van der Waals surface area contributed by atoms with Crippen molar-refractivity contribution in [2.24, 2.45) is 0 Å². The highest BCUT2D eigenvalue weighted by atomic mass is 35.5. The Bertz CT molecular complexity index is 359. The zero-order valence-corrected chi connectivity index (χ0v) is 13.4. The normalized spacial score (nSPS) is 12.3. The molecule has 1 aromatic rings. The van der Waals surface area contributed by atoms with Gasteiger partial charge in [-0.25, -0.2) is 0 Å². The van der Waals surface area contributed by atoms with Crippen molar-refractivity contribution >= 4 is 11.6 Å². The van der Waals surface area contributed by atoms with Gasteiger partial charge in [0.05, 0.1) is 0 Å². The summed E-state index contributed by atoms with van der Waals surface area (Å²) in [6.07, 6.45) is 2.71. The Morgan fingerprint density at radius 1 is 1.19 bits per heavy atom. The van der Waals surface area contributed by atoms with E-state index in [4.69, 9.17) is 21.1 Å². The maximum absolute atomic E-state index is 9.79. The molecule has 1 rings (SSSR count). The smallest absolute Gasteiger partial charge is 0.119 e. The maximum Gasteiger partial charge on any atom is 0.119 e. The predicted octanol–water partition coefficient (Wildman–Crippen LogP) is 2.88. The number of aliphatic hydroxyl groups is 1. The van der Waals surface area contributed by atoms with E-state index in [0.29, 0.717) is 17.3 Å². The van der Waals surface area contributed by atoms with E-state index >= 15 is 0 Å². The molecule has 21 heavy (non-hydrogen) atoms.